The molecule has 10 nitrogen and oxygen atoms in total. The van der Waals surface area contributed by atoms with Crippen molar-refractivity contribution in [3.8, 4) is 11.4 Å². The zero-order valence-corrected chi connectivity index (χ0v) is 19.5. The first-order chi connectivity index (χ1) is 14.5. The molecule has 2 heterocycles. The third-order valence-corrected chi connectivity index (χ3v) is 7.73. The minimum atomic E-state index is -3.76. The molecule has 0 aliphatic rings. The number of nitrogens with one attached hydrogen (secondary N) is 1. The van der Waals surface area contributed by atoms with Crippen LogP contribution >= 0.6 is 23.4 Å². The third-order valence-electron chi connectivity index (χ3n) is 4.37. The number of furan rings is 1. The van der Waals surface area contributed by atoms with Crippen LogP contribution in [0.4, 0.5) is 5.69 Å². The van der Waals surface area contributed by atoms with Crippen LogP contribution in [0, 0.1) is 6.92 Å². The highest BCUT2D eigenvalue weighted by Gasteiger charge is 2.24. The summed E-state index contributed by atoms with van der Waals surface area (Å²) in [7, 11) is -0.962. The van der Waals surface area contributed by atoms with Crippen molar-refractivity contribution < 1.29 is 17.6 Å². The molecule has 0 bridgehead atoms. The van der Waals surface area contributed by atoms with Crippen LogP contribution in [-0.4, -0.2) is 52.8 Å². The van der Waals surface area contributed by atoms with Crippen molar-refractivity contribution in [1.29, 1.82) is 0 Å². The van der Waals surface area contributed by atoms with Gasteiger partial charge in [-0.2, -0.15) is 0 Å². The van der Waals surface area contributed by atoms with E-state index in [1.807, 2.05) is 0 Å². The number of amides is 1. The van der Waals surface area contributed by atoms with E-state index in [0.29, 0.717) is 28.0 Å². The Labute approximate surface area is 188 Å². The SMILES string of the molecule is Cc1occc1-c1nnc(SC(C)C(=O)Nc2ccc(Cl)c(S(=O)(=O)N(C)C)c2)n1N. The van der Waals surface area contributed by atoms with Gasteiger partial charge in [0, 0.05) is 19.8 Å². The molecule has 0 aliphatic carbocycles. The van der Waals surface area contributed by atoms with Gasteiger partial charge in [0.25, 0.3) is 0 Å². The molecular weight excluding hydrogens is 464 g/mol. The lowest BCUT2D eigenvalue weighted by Gasteiger charge is -2.15. The molecule has 0 saturated carbocycles. The van der Waals surface area contributed by atoms with Crippen molar-refractivity contribution in [2.45, 2.75) is 29.1 Å². The first-order valence-electron chi connectivity index (χ1n) is 8.97. The number of halogens is 1. The molecule has 1 unspecified atom stereocenters. The summed E-state index contributed by atoms with van der Waals surface area (Å²) in [5, 5.41) is 10.6. The largest absolute Gasteiger partial charge is 0.469 e. The number of carbonyl (C=O) groups is 1. The molecule has 1 amide bonds. The minimum Gasteiger partial charge on any atom is -0.469 e. The number of nitrogens with zero attached hydrogens (tertiary/aromatic N) is 4. The summed E-state index contributed by atoms with van der Waals surface area (Å²) in [5.41, 5.74) is 1.00. The van der Waals surface area contributed by atoms with Crippen LogP contribution in [0.5, 0.6) is 0 Å². The highest BCUT2D eigenvalue weighted by molar-refractivity contribution is 8.00. The van der Waals surface area contributed by atoms with E-state index in [1.54, 1.807) is 19.9 Å². The van der Waals surface area contributed by atoms with Crippen LogP contribution in [0.1, 0.15) is 12.7 Å². The highest BCUT2D eigenvalue weighted by Crippen LogP contribution is 2.29. The van der Waals surface area contributed by atoms with Crippen LogP contribution in [0.25, 0.3) is 11.4 Å². The second kappa shape index (κ2) is 8.91. The first kappa shape index (κ1) is 23.1. The van der Waals surface area contributed by atoms with Gasteiger partial charge in [0.05, 0.1) is 22.1 Å². The normalized spacial score (nSPS) is 12.8. The number of carbonyl (C=O) groups excluding carboxylic acids is 1. The lowest BCUT2D eigenvalue weighted by atomic mass is 10.2. The molecule has 3 rings (SSSR count). The second-order valence-corrected chi connectivity index (χ2v) is 10.6. The van der Waals surface area contributed by atoms with E-state index < -0.39 is 15.3 Å². The number of aromatic nitrogens is 3. The number of nitrogens with two attached hydrogens (primary N) is 1. The smallest absolute Gasteiger partial charge is 0.244 e. The highest BCUT2D eigenvalue weighted by atomic mass is 35.5. The first-order valence-corrected chi connectivity index (χ1v) is 11.7. The third kappa shape index (κ3) is 4.71. The summed E-state index contributed by atoms with van der Waals surface area (Å²) in [5.74, 6) is 6.78. The number of benzene rings is 1. The van der Waals surface area contributed by atoms with Crippen LogP contribution < -0.4 is 11.2 Å². The quantitative estimate of drug-likeness (QED) is 0.385. The number of hydrogen-bond donors (Lipinski definition) is 2. The Bertz CT molecular complexity index is 1220. The van der Waals surface area contributed by atoms with Gasteiger partial charge in [0.1, 0.15) is 10.7 Å². The maximum absolute atomic E-state index is 12.7. The number of sulfonamides is 1. The number of rotatable bonds is 7. The maximum Gasteiger partial charge on any atom is 0.244 e. The number of nitrogen functional groups attached to an aromatic ring is 1. The number of anilines is 1. The molecule has 3 N–H and O–H groups in total. The zero-order valence-electron chi connectivity index (χ0n) is 17.2. The molecule has 0 saturated heterocycles. The molecule has 1 aromatic carbocycles. The molecule has 0 aliphatic heterocycles. The van der Waals surface area contributed by atoms with Crippen molar-refractivity contribution >= 4 is 45.0 Å². The Kier molecular flexibility index (Phi) is 6.65. The van der Waals surface area contributed by atoms with E-state index in [0.717, 1.165) is 16.1 Å². The van der Waals surface area contributed by atoms with Gasteiger partial charge >= 0.3 is 0 Å². The van der Waals surface area contributed by atoms with Gasteiger partial charge in [-0.3, -0.25) is 4.79 Å². The van der Waals surface area contributed by atoms with Crippen molar-refractivity contribution in [1.82, 2.24) is 19.2 Å². The molecule has 1 atom stereocenters. The van der Waals surface area contributed by atoms with Gasteiger partial charge in [-0.05, 0) is 38.1 Å². The summed E-state index contributed by atoms with van der Waals surface area (Å²) in [4.78, 5) is 12.6. The predicted molar refractivity (Wildman–Crippen MR) is 119 cm³/mol. The van der Waals surface area contributed by atoms with Crippen LogP contribution in [0.2, 0.25) is 5.02 Å². The fraction of sp³-hybridized carbons (Fsp3) is 0.278. The van der Waals surface area contributed by atoms with E-state index in [9.17, 15) is 13.2 Å². The Balaban J connectivity index is 1.75. The average Bonchev–Trinajstić information content (AvgIpc) is 3.28. The van der Waals surface area contributed by atoms with Gasteiger partial charge in [-0.15, -0.1) is 10.2 Å². The minimum absolute atomic E-state index is 0.0624. The standard InChI is InChI=1S/C18H21ClN6O4S2/c1-10-13(7-8-29-10)16-22-23-18(25(16)20)30-11(2)17(26)21-12-5-6-14(19)15(9-12)31(27,28)24(3)4/h5-9,11H,20H2,1-4H3,(H,21,26). The molecule has 2 aromatic heterocycles. The van der Waals surface area contributed by atoms with Crippen LogP contribution in [-0.2, 0) is 14.8 Å². The van der Waals surface area contributed by atoms with Crippen molar-refractivity contribution in [2.75, 3.05) is 25.3 Å². The fourth-order valence-corrected chi connectivity index (χ4v) is 4.75. The molecule has 0 spiro atoms. The zero-order chi connectivity index (χ0) is 22.9. The second-order valence-electron chi connectivity index (χ2n) is 6.75. The Hall–Kier alpha value is -2.54. The lowest BCUT2D eigenvalue weighted by molar-refractivity contribution is -0.115. The topological polar surface area (TPSA) is 136 Å². The van der Waals surface area contributed by atoms with Gasteiger partial charge in [-0.25, -0.2) is 17.4 Å². The van der Waals surface area contributed by atoms with Gasteiger partial charge in [0.2, 0.25) is 21.1 Å². The summed E-state index contributed by atoms with van der Waals surface area (Å²) >= 11 is 7.15. The molecular formula is C18H21ClN6O4S2. The van der Waals surface area contributed by atoms with E-state index in [4.69, 9.17) is 21.9 Å². The van der Waals surface area contributed by atoms with E-state index in [2.05, 4.69) is 15.5 Å². The molecule has 31 heavy (non-hydrogen) atoms. The maximum atomic E-state index is 12.7. The van der Waals surface area contributed by atoms with Crippen molar-refractivity contribution in [3.63, 3.8) is 0 Å². The summed E-state index contributed by atoms with van der Waals surface area (Å²) in [6.45, 7) is 3.45. The summed E-state index contributed by atoms with van der Waals surface area (Å²) in [6.07, 6.45) is 1.53. The molecule has 13 heteroatoms. The van der Waals surface area contributed by atoms with Gasteiger partial charge in [-0.1, -0.05) is 23.4 Å². The number of hydrogen-bond acceptors (Lipinski definition) is 8. The predicted octanol–water partition coefficient (Wildman–Crippen LogP) is 2.58. The van der Waals surface area contributed by atoms with E-state index in [1.165, 1.54) is 43.2 Å². The molecule has 0 radical (unpaired) electrons. The van der Waals surface area contributed by atoms with Gasteiger partial charge < -0.3 is 15.6 Å². The average molecular weight is 485 g/mol. The van der Waals surface area contributed by atoms with Crippen molar-refractivity contribution in [3.05, 3.63) is 41.3 Å². The summed E-state index contributed by atoms with van der Waals surface area (Å²) in [6, 6.07) is 5.99. The van der Waals surface area contributed by atoms with E-state index in [-0.39, 0.29) is 15.8 Å². The number of aryl methyl sites for hydroxylation is 1. The van der Waals surface area contributed by atoms with Gasteiger partial charge in [0.15, 0.2) is 5.82 Å². The van der Waals surface area contributed by atoms with Crippen LogP contribution in [0.15, 0.2) is 45.0 Å². The number of thioether (sulfide) groups is 1. The Morgan fingerprint density at radius 1 is 1.32 bits per heavy atom. The molecule has 0 fully saturated rings. The molecule has 3 aromatic rings. The monoisotopic (exact) mass is 484 g/mol. The van der Waals surface area contributed by atoms with E-state index >= 15 is 0 Å². The Morgan fingerprint density at radius 3 is 2.65 bits per heavy atom. The van der Waals surface area contributed by atoms with Crippen LogP contribution in [0.3, 0.4) is 0 Å². The Morgan fingerprint density at radius 2 is 2.03 bits per heavy atom. The molecule has 166 valence electrons. The lowest BCUT2D eigenvalue weighted by Crippen LogP contribution is -2.25. The summed E-state index contributed by atoms with van der Waals surface area (Å²) < 4.78 is 32.4. The fourth-order valence-electron chi connectivity index (χ4n) is 2.59. The van der Waals surface area contributed by atoms with Crippen molar-refractivity contribution in [2.24, 2.45) is 0 Å².